The summed E-state index contributed by atoms with van der Waals surface area (Å²) >= 11 is 0. The van der Waals surface area contributed by atoms with Crippen LogP contribution in [0.5, 0.6) is 17.2 Å². The molecule has 1 unspecified atom stereocenters. The number of aromatic nitrogens is 1. The molecule has 1 heterocycles. The average Bonchev–Trinajstić information content (AvgIpc) is 3.20. The molecule has 0 radical (unpaired) electrons. The third-order valence-electron chi connectivity index (χ3n) is 6.11. The van der Waals surface area contributed by atoms with Crippen LogP contribution in [0.15, 0.2) is 36.4 Å². The zero-order valence-electron chi connectivity index (χ0n) is 18.1. The van der Waals surface area contributed by atoms with Gasteiger partial charge in [0.05, 0.1) is 32.9 Å². The Balaban J connectivity index is 1.69. The predicted octanol–water partition coefficient (Wildman–Crippen LogP) is 4.74. The molecule has 4 rings (SSSR count). The van der Waals surface area contributed by atoms with Crippen molar-refractivity contribution in [2.24, 2.45) is 0 Å². The SMILES string of the molecule is COc1cc(OC)c2cc(C(=O)NC3CCC(C)(C)c4ccccc43)[nH]c2c1OC. The summed E-state index contributed by atoms with van der Waals surface area (Å²) in [6.45, 7) is 4.51. The lowest BCUT2D eigenvalue weighted by atomic mass is 9.71. The monoisotopic (exact) mass is 408 g/mol. The molecule has 30 heavy (non-hydrogen) atoms. The first kappa shape index (κ1) is 20.1. The van der Waals surface area contributed by atoms with Crippen molar-refractivity contribution in [3.05, 3.63) is 53.2 Å². The van der Waals surface area contributed by atoms with Gasteiger partial charge in [-0.15, -0.1) is 0 Å². The summed E-state index contributed by atoms with van der Waals surface area (Å²) in [4.78, 5) is 16.3. The lowest BCUT2D eigenvalue weighted by molar-refractivity contribution is 0.0925. The molecule has 2 aromatic carbocycles. The van der Waals surface area contributed by atoms with Crippen molar-refractivity contribution in [2.75, 3.05) is 21.3 Å². The first-order valence-electron chi connectivity index (χ1n) is 10.1. The average molecular weight is 408 g/mol. The summed E-state index contributed by atoms with van der Waals surface area (Å²) in [6.07, 6.45) is 1.91. The van der Waals surface area contributed by atoms with Gasteiger partial charge in [-0.05, 0) is 35.4 Å². The van der Waals surface area contributed by atoms with Crippen molar-refractivity contribution in [3.63, 3.8) is 0 Å². The number of H-pyrrole nitrogens is 1. The van der Waals surface area contributed by atoms with E-state index in [4.69, 9.17) is 14.2 Å². The van der Waals surface area contributed by atoms with Crippen molar-refractivity contribution in [1.29, 1.82) is 0 Å². The van der Waals surface area contributed by atoms with E-state index in [1.165, 1.54) is 11.1 Å². The molecule has 1 atom stereocenters. The molecule has 0 spiro atoms. The Morgan fingerprint density at radius 1 is 1.07 bits per heavy atom. The van der Waals surface area contributed by atoms with Gasteiger partial charge < -0.3 is 24.5 Å². The standard InChI is InChI=1S/C24H28N2O4/c1-24(2)11-10-17(14-8-6-7-9-16(14)24)26-23(27)18-12-15-19(28-3)13-20(29-4)22(30-5)21(15)25-18/h6-9,12-13,17,25H,10-11H2,1-5H3,(H,26,27). The molecule has 6 nitrogen and oxygen atoms in total. The first-order chi connectivity index (χ1) is 14.4. The molecule has 2 N–H and O–H groups in total. The number of hydrogen-bond donors (Lipinski definition) is 2. The smallest absolute Gasteiger partial charge is 0.268 e. The molecule has 158 valence electrons. The number of carbonyl (C=O) groups excluding carboxylic acids is 1. The van der Waals surface area contributed by atoms with Gasteiger partial charge in [0.25, 0.3) is 5.91 Å². The zero-order chi connectivity index (χ0) is 21.5. The molecule has 1 aromatic heterocycles. The maximum atomic E-state index is 13.2. The Kier molecular flexibility index (Phi) is 5.10. The van der Waals surface area contributed by atoms with Gasteiger partial charge in [0.2, 0.25) is 0 Å². The Labute approximate surface area is 176 Å². The third-order valence-corrected chi connectivity index (χ3v) is 6.11. The quantitative estimate of drug-likeness (QED) is 0.640. The first-order valence-corrected chi connectivity index (χ1v) is 10.1. The highest BCUT2D eigenvalue weighted by molar-refractivity contribution is 6.02. The number of amides is 1. The summed E-state index contributed by atoms with van der Waals surface area (Å²) < 4.78 is 16.4. The minimum absolute atomic E-state index is 0.0218. The second kappa shape index (κ2) is 7.59. The van der Waals surface area contributed by atoms with Crippen LogP contribution in [0.1, 0.15) is 54.3 Å². The molecule has 1 aliphatic carbocycles. The van der Waals surface area contributed by atoms with Gasteiger partial charge >= 0.3 is 0 Å². The van der Waals surface area contributed by atoms with Crippen LogP contribution in [0.3, 0.4) is 0 Å². The number of hydrogen-bond acceptors (Lipinski definition) is 4. The number of ether oxygens (including phenoxy) is 3. The van der Waals surface area contributed by atoms with Gasteiger partial charge in [0.15, 0.2) is 11.5 Å². The molecule has 6 heteroatoms. The molecule has 3 aromatic rings. The van der Waals surface area contributed by atoms with E-state index in [0.29, 0.717) is 28.5 Å². The molecular weight excluding hydrogens is 380 g/mol. The molecule has 0 saturated carbocycles. The van der Waals surface area contributed by atoms with Gasteiger partial charge in [-0.1, -0.05) is 38.1 Å². The van der Waals surface area contributed by atoms with Gasteiger partial charge in [-0.3, -0.25) is 4.79 Å². The normalized spacial score (nSPS) is 17.3. The summed E-state index contributed by atoms with van der Waals surface area (Å²) in [5, 5.41) is 3.98. The Morgan fingerprint density at radius 2 is 1.80 bits per heavy atom. The van der Waals surface area contributed by atoms with Crippen molar-refractivity contribution in [3.8, 4) is 17.2 Å². The summed E-state index contributed by atoms with van der Waals surface area (Å²) in [7, 11) is 4.74. The van der Waals surface area contributed by atoms with Crippen molar-refractivity contribution in [2.45, 2.75) is 38.1 Å². The fraction of sp³-hybridized carbons (Fsp3) is 0.375. The fourth-order valence-corrected chi connectivity index (χ4v) is 4.46. The van der Waals surface area contributed by atoms with E-state index in [2.05, 4.69) is 42.3 Å². The highest BCUT2D eigenvalue weighted by Crippen LogP contribution is 2.43. The lowest BCUT2D eigenvalue weighted by Crippen LogP contribution is -2.35. The highest BCUT2D eigenvalue weighted by Gasteiger charge is 2.33. The predicted molar refractivity (Wildman–Crippen MR) is 117 cm³/mol. The number of benzene rings is 2. The summed E-state index contributed by atoms with van der Waals surface area (Å²) in [5.41, 5.74) is 3.72. The number of carbonyl (C=O) groups is 1. The molecule has 0 saturated heterocycles. The van der Waals surface area contributed by atoms with Gasteiger partial charge in [0, 0.05) is 11.5 Å². The van der Waals surface area contributed by atoms with Crippen LogP contribution >= 0.6 is 0 Å². The second-order valence-electron chi connectivity index (χ2n) is 8.32. The molecule has 0 aliphatic heterocycles. The van der Waals surface area contributed by atoms with E-state index in [1.807, 2.05) is 6.07 Å². The number of aromatic amines is 1. The summed E-state index contributed by atoms with van der Waals surface area (Å²) in [5.74, 6) is 1.53. The summed E-state index contributed by atoms with van der Waals surface area (Å²) in [6, 6.07) is 11.9. The van der Waals surface area contributed by atoms with E-state index in [1.54, 1.807) is 33.5 Å². The molecular formula is C24H28N2O4. The molecule has 1 amide bonds. The van der Waals surface area contributed by atoms with E-state index < -0.39 is 0 Å². The Bertz CT molecular complexity index is 1100. The minimum atomic E-state index is -0.159. The van der Waals surface area contributed by atoms with Gasteiger partial charge in [-0.25, -0.2) is 0 Å². The second-order valence-corrected chi connectivity index (χ2v) is 8.32. The molecule has 1 aliphatic rings. The number of fused-ring (bicyclic) bond motifs is 2. The zero-order valence-corrected chi connectivity index (χ0v) is 18.1. The maximum Gasteiger partial charge on any atom is 0.268 e. The van der Waals surface area contributed by atoms with Crippen LogP contribution in [-0.4, -0.2) is 32.2 Å². The number of nitrogens with one attached hydrogen (secondary N) is 2. The third kappa shape index (κ3) is 3.26. The topological polar surface area (TPSA) is 72.6 Å². The van der Waals surface area contributed by atoms with Crippen LogP contribution in [0.4, 0.5) is 0 Å². The van der Waals surface area contributed by atoms with Crippen molar-refractivity contribution < 1.29 is 19.0 Å². The Hall–Kier alpha value is -3.15. The van der Waals surface area contributed by atoms with E-state index >= 15 is 0 Å². The Morgan fingerprint density at radius 3 is 2.50 bits per heavy atom. The maximum absolute atomic E-state index is 13.2. The van der Waals surface area contributed by atoms with Crippen LogP contribution < -0.4 is 19.5 Å². The lowest BCUT2D eigenvalue weighted by Gasteiger charge is -2.37. The number of methoxy groups -OCH3 is 3. The minimum Gasteiger partial charge on any atom is -0.496 e. The van der Waals surface area contributed by atoms with Crippen LogP contribution in [0.25, 0.3) is 10.9 Å². The van der Waals surface area contributed by atoms with Crippen LogP contribution in [0, 0.1) is 0 Å². The molecule has 0 fully saturated rings. The highest BCUT2D eigenvalue weighted by atomic mass is 16.5. The van der Waals surface area contributed by atoms with Gasteiger partial charge in [0.1, 0.15) is 11.4 Å². The fourth-order valence-electron chi connectivity index (χ4n) is 4.46. The van der Waals surface area contributed by atoms with Gasteiger partial charge in [-0.2, -0.15) is 0 Å². The van der Waals surface area contributed by atoms with Crippen LogP contribution in [-0.2, 0) is 5.41 Å². The van der Waals surface area contributed by atoms with E-state index in [-0.39, 0.29) is 17.4 Å². The van der Waals surface area contributed by atoms with Crippen LogP contribution in [0.2, 0.25) is 0 Å². The molecule has 0 bridgehead atoms. The van der Waals surface area contributed by atoms with E-state index in [0.717, 1.165) is 18.2 Å². The van der Waals surface area contributed by atoms with Crippen molar-refractivity contribution in [1.82, 2.24) is 10.3 Å². The van der Waals surface area contributed by atoms with Crippen molar-refractivity contribution >= 4 is 16.8 Å². The largest absolute Gasteiger partial charge is 0.496 e. The van der Waals surface area contributed by atoms with E-state index in [9.17, 15) is 4.79 Å². The number of rotatable bonds is 5.